The van der Waals surface area contributed by atoms with Crippen LogP contribution in [0.25, 0.3) is 0 Å². The molecule has 6 heteroatoms. The average molecular weight is 250 g/mol. The number of carbonyl (C=O) groups excluding carboxylic acids is 1. The third-order valence-electron chi connectivity index (χ3n) is 2.24. The number of nitrogens with one attached hydrogen (secondary N) is 1. The Morgan fingerprint density at radius 3 is 2.82 bits per heavy atom. The van der Waals surface area contributed by atoms with Crippen molar-refractivity contribution in [1.29, 1.82) is 0 Å². The Bertz CT molecular complexity index is 529. The zero-order chi connectivity index (χ0) is 12.4. The van der Waals surface area contributed by atoms with Crippen LogP contribution in [0.15, 0.2) is 17.8 Å². The smallest absolute Gasteiger partial charge is 0.275 e. The third-order valence-corrected chi connectivity index (χ3v) is 3.01. The van der Waals surface area contributed by atoms with Crippen LogP contribution in [0.2, 0.25) is 0 Å². The van der Waals surface area contributed by atoms with E-state index in [0.29, 0.717) is 11.4 Å². The molecule has 2 rings (SSSR count). The van der Waals surface area contributed by atoms with Gasteiger partial charge in [0.2, 0.25) is 0 Å². The van der Waals surface area contributed by atoms with Crippen molar-refractivity contribution < 1.29 is 4.79 Å². The molecule has 2 aromatic heterocycles. The second kappa shape index (κ2) is 4.67. The fourth-order valence-corrected chi connectivity index (χ4v) is 1.94. The molecule has 17 heavy (non-hydrogen) atoms. The molecule has 2 heterocycles. The number of thiazole rings is 1. The minimum Gasteiger partial charge on any atom is -0.318 e. The highest BCUT2D eigenvalue weighted by Gasteiger charge is 2.11. The lowest BCUT2D eigenvalue weighted by molar-refractivity contribution is 0.102. The van der Waals surface area contributed by atoms with E-state index in [9.17, 15) is 4.79 Å². The van der Waals surface area contributed by atoms with Gasteiger partial charge in [0.1, 0.15) is 5.69 Å². The predicted molar refractivity (Wildman–Crippen MR) is 67.4 cm³/mol. The first-order chi connectivity index (χ1) is 8.06. The van der Waals surface area contributed by atoms with E-state index in [2.05, 4.69) is 15.4 Å². The van der Waals surface area contributed by atoms with Crippen LogP contribution >= 0.6 is 11.3 Å². The van der Waals surface area contributed by atoms with Crippen LogP contribution in [0.5, 0.6) is 0 Å². The molecule has 5 nitrogen and oxygen atoms in total. The predicted octanol–water partition coefficient (Wildman–Crippen LogP) is 2.48. The van der Waals surface area contributed by atoms with Crippen molar-refractivity contribution in [2.75, 3.05) is 5.32 Å². The maximum atomic E-state index is 11.8. The van der Waals surface area contributed by atoms with E-state index in [1.54, 1.807) is 16.3 Å². The van der Waals surface area contributed by atoms with Crippen LogP contribution < -0.4 is 5.32 Å². The molecule has 2 aromatic rings. The summed E-state index contributed by atoms with van der Waals surface area (Å²) >= 11 is 1.46. The van der Waals surface area contributed by atoms with Crippen LogP contribution in [0.1, 0.15) is 35.4 Å². The molecule has 0 unspecified atom stereocenters. The Kier molecular flexibility index (Phi) is 3.23. The van der Waals surface area contributed by atoms with Crippen LogP contribution in [0.4, 0.5) is 5.69 Å². The summed E-state index contributed by atoms with van der Waals surface area (Å²) in [5.74, 6) is -0.197. The van der Waals surface area contributed by atoms with E-state index in [1.807, 2.05) is 27.0 Å². The molecule has 0 spiro atoms. The van der Waals surface area contributed by atoms with Gasteiger partial charge in [0, 0.05) is 17.6 Å². The van der Waals surface area contributed by atoms with Gasteiger partial charge in [-0.2, -0.15) is 5.10 Å². The van der Waals surface area contributed by atoms with Crippen molar-refractivity contribution in [3.8, 4) is 0 Å². The number of hydrogen-bond donors (Lipinski definition) is 1. The lowest BCUT2D eigenvalue weighted by Crippen LogP contribution is -2.11. The third kappa shape index (κ3) is 2.71. The van der Waals surface area contributed by atoms with Crippen LogP contribution in [0, 0.1) is 6.92 Å². The second-order valence-corrected chi connectivity index (χ2v) is 5.07. The van der Waals surface area contributed by atoms with Crippen molar-refractivity contribution in [3.63, 3.8) is 0 Å². The molecular weight excluding hydrogens is 236 g/mol. The topological polar surface area (TPSA) is 59.8 Å². The molecule has 0 fully saturated rings. The summed E-state index contributed by atoms with van der Waals surface area (Å²) in [7, 11) is 0. The first-order valence-electron chi connectivity index (χ1n) is 5.34. The summed E-state index contributed by atoms with van der Waals surface area (Å²) in [6.45, 7) is 5.93. The van der Waals surface area contributed by atoms with Crippen LogP contribution in [0.3, 0.4) is 0 Å². The standard InChI is InChI=1S/C11H14N4OS/c1-7(2)15-5-9(4-12-15)14-11(16)10-6-17-8(3)13-10/h4-7H,1-3H3,(H,14,16). The Morgan fingerprint density at radius 2 is 2.29 bits per heavy atom. The number of rotatable bonds is 3. The van der Waals surface area contributed by atoms with E-state index in [1.165, 1.54) is 11.3 Å². The van der Waals surface area contributed by atoms with E-state index in [4.69, 9.17) is 0 Å². The highest BCUT2D eigenvalue weighted by Crippen LogP contribution is 2.13. The Labute approximate surface area is 103 Å². The van der Waals surface area contributed by atoms with Crippen molar-refractivity contribution in [1.82, 2.24) is 14.8 Å². The molecule has 0 aromatic carbocycles. The fourth-order valence-electron chi connectivity index (χ4n) is 1.35. The van der Waals surface area contributed by atoms with Gasteiger partial charge in [0.15, 0.2) is 0 Å². The molecule has 1 N–H and O–H groups in total. The summed E-state index contributed by atoms with van der Waals surface area (Å²) in [6, 6.07) is 0.280. The van der Waals surface area contributed by atoms with Crippen molar-refractivity contribution in [2.24, 2.45) is 0 Å². The molecule has 0 aliphatic carbocycles. The Balaban J connectivity index is 2.07. The van der Waals surface area contributed by atoms with Crippen molar-refractivity contribution >= 4 is 22.9 Å². The first-order valence-corrected chi connectivity index (χ1v) is 6.22. The van der Waals surface area contributed by atoms with E-state index >= 15 is 0 Å². The summed E-state index contributed by atoms with van der Waals surface area (Å²) < 4.78 is 1.79. The van der Waals surface area contributed by atoms with Gasteiger partial charge in [-0.05, 0) is 20.8 Å². The number of hydrogen-bond acceptors (Lipinski definition) is 4. The van der Waals surface area contributed by atoms with E-state index < -0.39 is 0 Å². The van der Waals surface area contributed by atoms with Gasteiger partial charge in [-0.3, -0.25) is 9.48 Å². The molecule has 0 saturated carbocycles. The van der Waals surface area contributed by atoms with Gasteiger partial charge in [-0.1, -0.05) is 0 Å². The van der Waals surface area contributed by atoms with Gasteiger partial charge in [0.25, 0.3) is 5.91 Å². The number of carbonyl (C=O) groups is 1. The molecule has 0 atom stereocenters. The first kappa shape index (κ1) is 11.8. The Morgan fingerprint density at radius 1 is 1.53 bits per heavy atom. The highest BCUT2D eigenvalue weighted by atomic mass is 32.1. The maximum Gasteiger partial charge on any atom is 0.275 e. The largest absolute Gasteiger partial charge is 0.318 e. The molecule has 1 amide bonds. The summed E-state index contributed by atoms with van der Waals surface area (Å²) in [5.41, 5.74) is 1.14. The SMILES string of the molecule is Cc1nc(C(=O)Nc2cnn(C(C)C)c2)cs1. The van der Waals surface area contributed by atoms with Gasteiger partial charge in [-0.15, -0.1) is 11.3 Å². The van der Waals surface area contributed by atoms with Crippen molar-refractivity contribution in [2.45, 2.75) is 26.8 Å². The van der Waals surface area contributed by atoms with Crippen molar-refractivity contribution in [3.05, 3.63) is 28.5 Å². The molecule has 90 valence electrons. The lowest BCUT2D eigenvalue weighted by atomic mass is 10.4. The quantitative estimate of drug-likeness (QED) is 0.910. The van der Waals surface area contributed by atoms with Gasteiger partial charge in [0.05, 0.1) is 16.9 Å². The number of aryl methyl sites for hydroxylation is 1. The fraction of sp³-hybridized carbons (Fsp3) is 0.364. The monoisotopic (exact) mass is 250 g/mol. The normalized spacial score (nSPS) is 10.8. The summed E-state index contributed by atoms with van der Waals surface area (Å²) in [5, 5.41) is 9.55. The van der Waals surface area contributed by atoms with Gasteiger partial charge < -0.3 is 5.32 Å². The van der Waals surface area contributed by atoms with Gasteiger partial charge in [-0.25, -0.2) is 4.98 Å². The molecule has 0 saturated heterocycles. The number of amides is 1. The minimum atomic E-state index is -0.197. The molecule has 0 aliphatic heterocycles. The van der Waals surface area contributed by atoms with Crippen LogP contribution in [-0.2, 0) is 0 Å². The summed E-state index contributed by atoms with van der Waals surface area (Å²) in [4.78, 5) is 15.9. The number of nitrogens with zero attached hydrogens (tertiary/aromatic N) is 3. The average Bonchev–Trinajstić information content (AvgIpc) is 2.86. The lowest BCUT2D eigenvalue weighted by Gasteiger charge is -2.03. The summed E-state index contributed by atoms with van der Waals surface area (Å²) in [6.07, 6.45) is 3.44. The van der Waals surface area contributed by atoms with Gasteiger partial charge >= 0.3 is 0 Å². The molecule has 0 radical (unpaired) electrons. The molecule has 0 bridgehead atoms. The number of anilines is 1. The zero-order valence-corrected chi connectivity index (χ0v) is 10.8. The zero-order valence-electron chi connectivity index (χ0n) is 9.97. The maximum absolute atomic E-state index is 11.8. The molecular formula is C11H14N4OS. The highest BCUT2D eigenvalue weighted by molar-refractivity contribution is 7.09. The number of aromatic nitrogens is 3. The van der Waals surface area contributed by atoms with Crippen LogP contribution in [-0.4, -0.2) is 20.7 Å². The second-order valence-electron chi connectivity index (χ2n) is 4.01. The molecule has 0 aliphatic rings. The Hall–Kier alpha value is -1.69. The van der Waals surface area contributed by atoms with E-state index in [0.717, 1.165) is 5.01 Å². The minimum absolute atomic E-state index is 0.197. The van der Waals surface area contributed by atoms with E-state index in [-0.39, 0.29) is 11.9 Å².